The second-order valence-corrected chi connectivity index (χ2v) is 5.91. The summed E-state index contributed by atoms with van der Waals surface area (Å²) in [5.41, 5.74) is 6.02. The van der Waals surface area contributed by atoms with E-state index >= 15 is 0 Å². The zero-order valence-electron chi connectivity index (χ0n) is 10.7. The number of nitrogens with two attached hydrogens (primary N) is 1. The van der Waals surface area contributed by atoms with Gasteiger partial charge in [-0.15, -0.1) is 0 Å². The lowest BCUT2D eigenvalue weighted by atomic mass is 10.2. The molecule has 1 unspecified atom stereocenters. The fourth-order valence-corrected chi connectivity index (χ4v) is 3.08. The maximum Gasteiger partial charge on any atom is 0.243 e. The Morgan fingerprint density at radius 2 is 2.15 bits per heavy atom. The second kappa shape index (κ2) is 5.36. The van der Waals surface area contributed by atoms with Gasteiger partial charge in [0.05, 0.1) is 29.6 Å². The Labute approximate surface area is 116 Å². The number of sulfonamides is 1. The minimum atomic E-state index is -3.79. The van der Waals surface area contributed by atoms with Crippen LogP contribution in [0.15, 0.2) is 45.9 Å². The number of benzene rings is 1. The highest BCUT2D eigenvalue weighted by molar-refractivity contribution is 7.89. The molecule has 0 saturated carbocycles. The van der Waals surface area contributed by atoms with Gasteiger partial charge in [-0.05, 0) is 37.3 Å². The summed E-state index contributed by atoms with van der Waals surface area (Å²) in [6, 6.07) is 8.77. The number of hydrogen-bond donors (Lipinski definition) is 2. The summed E-state index contributed by atoms with van der Waals surface area (Å²) < 4.78 is 32.1. The smallest absolute Gasteiger partial charge is 0.243 e. The molecule has 0 amide bonds. The predicted octanol–water partition coefficient (Wildman–Crippen LogP) is 1.77. The van der Waals surface area contributed by atoms with E-state index in [1.54, 1.807) is 19.1 Å². The van der Waals surface area contributed by atoms with Gasteiger partial charge in [0.2, 0.25) is 10.0 Å². The van der Waals surface area contributed by atoms with Crippen molar-refractivity contribution in [3.05, 3.63) is 47.9 Å². The number of hydrogen-bond acceptors (Lipinski definition) is 5. The number of anilines is 1. The SMILES string of the molecule is CC(NS(=O)(=O)c1ccc(C#N)cc1N)c1ccco1. The van der Waals surface area contributed by atoms with Crippen molar-refractivity contribution in [1.29, 1.82) is 5.26 Å². The molecule has 1 aromatic carbocycles. The molecule has 1 aromatic heterocycles. The number of rotatable bonds is 4. The van der Waals surface area contributed by atoms with Gasteiger partial charge in [0.15, 0.2) is 0 Å². The van der Waals surface area contributed by atoms with Crippen LogP contribution in [0, 0.1) is 11.3 Å². The highest BCUT2D eigenvalue weighted by Gasteiger charge is 2.22. The van der Waals surface area contributed by atoms with Gasteiger partial charge in [-0.3, -0.25) is 0 Å². The molecule has 0 spiro atoms. The molecule has 0 bridgehead atoms. The Hall–Kier alpha value is -2.30. The lowest BCUT2D eigenvalue weighted by Gasteiger charge is -2.13. The molecule has 3 N–H and O–H groups in total. The third-order valence-corrected chi connectivity index (χ3v) is 4.34. The van der Waals surface area contributed by atoms with Crippen LogP contribution in [-0.2, 0) is 10.0 Å². The van der Waals surface area contributed by atoms with Crippen molar-refractivity contribution in [2.75, 3.05) is 5.73 Å². The van der Waals surface area contributed by atoms with Gasteiger partial charge in [0.25, 0.3) is 0 Å². The Morgan fingerprint density at radius 3 is 2.70 bits per heavy atom. The second-order valence-electron chi connectivity index (χ2n) is 4.22. The number of nitrogens with one attached hydrogen (secondary N) is 1. The first-order valence-electron chi connectivity index (χ1n) is 5.79. The largest absolute Gasteiger partial charge is 0.468 e. The minimum absolute atomic E-state index is 0.0307. The molecular formula is C13H13N3O3S. The van der Waals surface area contributed by atoms with Crippen molar-refractivity contribution in [2.45, 2.75) is 17.9 Å². The van der Waals surface area contributed by atoms with Gasteiger partial charge in [0.1, 0.15) is 10.7 Å². The van der Waals surface area contributed by atoms with E-state index in [1.165, 1.54) is 24.5 Å². The van der Waals surface area contributed by atoms with Gasteiger partial charge in [-0.1, -0.05) is 0 Å². The van der Waals surface area contributed by atoms with Crippen LogP contribution in [0.25, 0.3) is 0 Å². The molecule has 1 heterocycles. The molecule has 0 radical (unpaired) electrons. The van der Waals surface area contributed by atoms with Gasteiger partial charge in [0, 0.05) is 0 Å². The summed E-state index contributed by atoms with van der Waals surface area (Å²) in [4.78, 5) is -0.0603. The third-order valence-electron chi connectivity index (χ3n) is 2.73. The fraction of sp³-hybridized carbons (Fsp3) is 0.154. The van der Waals surface area contributed by atoms with Crippen LogP contribution in [0.3, 0.4) is 0 Å². The van der Waals surface area contributed by atoms with E-state index in [4.69, 9.17) is 15.4 Å². The molecule has 0 fully saturated rings. The van der Waals surface area contributed by atoms with Crippen molar-refractivity contribution in [1.82, 2.24) is 4.72 Å². The molecule has 2 rings (SSSR count). The molecule has 7 heteroatoms. The van der Waals surface area contributed by atoms with E-state index in [2.05, 4.69) is 4.72 Å². The van der Waals surface area contributed by atoms with Crippen molar-refractivity contribution >= 4 is 15.7 Å². The van der Waals surface area contributed by atoms with Crippen LogP contribution in [0.5, 0.6) is 0 Å². The van der Waals surface area contributed by atoms with E-state index in [0.29, 0.717) is 11.3 Å². The van der Waals surface area contributed by atoms with Gasteiger partial charge < -0.3 is 10.2 Å². The van der Waals surface area contributed by atoms with Crippen molar-refractivity contribution in [3.63, 3.8) is 0 Å². The molecule has 104 valence electrons. The first-order valence-corrected chi connectivity index (χ1v) is 7.27. The van der Waals surface area contributed by atoms with Crippen LogP contribution < -0.4 is 10.5 Å². The summed E-state index contributed by atoms with van der Waals surface area (Å²) in [6.45, 7) is 1.66. The van der Waals surface area contributed by atoms with Crippen LogP contribution >= 0.6 is 0 Å². The van der Waals surface area contributed by atoms with Crippen molar-refractivity contribution in [3.8, 4) is 6.07 Å². The topological polar surface area (TPSA) is 109 Å². The summed E-state index contributed by atoms with van der Waals surface area (Å²) in [7, 11) is -3.79. The van der Waals surface area contributed by atoms with Crippen LogP contribution in [0.2, 0.25) is 0 Å². The van der Waals surface area contributed by atoms with E-state index in [9.17, 15) is 8.42 Å². The first kappa shape index (κ1) is 14.1. The Kier molecular flexibility index (Phi) is 3.79. The molecule has 0 aliphatic carbocycles. The summed E-state index contributed by atoms with van der Waals surface area (Å²) in [5, 5.41) is 8.74. The zero-order chi connectivity index (χ0) is 14.8. The maximum absolute atomic E-state index is 12.2. The normalized spacial score (nSPS) is 12.8. The maximum atomic E-state index is 12.2. The highest BCUT2D eigenvalue weighted by atomic mass is 32.2. The third kappa shape index (κ3) is 2.82. The highest BCUT2D eigenvalue weighted by Crippen LogP contribution is 2.22. The number of nitrogen functional groups attached to an aromatic ring is 1. The molecular weight excluding hydrogens is 278 g/mol. The van der Waals surface area contributed by atoms with Crippen molar-refractivity contribution in [2.24, 2.45) is 0 Å². The quantitative estimate of drug-likeness (QED) is 0.834. The molecule has 6 nitrogen and oxygen atoms in total. The Balaban J connectivity index is 2.29. The van der Waals surface area contributed by atoms with Gasteiger partial charge in [-0.25, -0.2) is 13.1 Å². The standard InChI is InChI=1S/C13H13N3O3S/c1-9(12-3-2-6-19-12)16-20(17,18)13-5-4-10(8-14)7-11(13)15/h2-7,9,16H,15H2,1H3. The predicted molar refractivity (Wildman–Crippen MR) is 73.0 cm³/mol. The van der Waals surface area contributed by atoms with E-state index in [0.717, 1.165) is 0 Å². The molecule has 0 aliphatic rings. The van der Waals surface area contributed by atoms with Crippen LogP contribution in [0.4, 0.5) is 5.69 Å². The first-order chi connectivity index (χ1) is 9.44. The summed E-state index contributed by atoms with van der Waals surface area (Å²) in [5.74, 6) is 0.501. The average molecular weight is 291 g/mol. The van der Waals surface area contributed by atoms with Crippen molar-refractivity contribution < 1.29 is 12.8 Å². The van der Waals surface area contributed by atoms with Crippen LogP contribution in [0.1, 0.15) is 24.3 Å². The van der Waals surface area contributed by atoms with Gasteiger partial charge >= 0.3 is 0 Å². The fourth-order valence-electron chi connectivity index (χ4n) is 1.75. The summed E-state index contributed by atoms with van der Waals surface area (Å²) >= 11 is 0. The minimum Gasteiger partial charge on any atom is -0.468 e. The summed E-state index contributed by atoms with van der Waals surface area (Å²) in [6.07, 6.45) is 1.47. The molecule has 0 aliphatic heterocycles. The van der Waals surface area contributed by atoms with Gasteiger partial charge in [-0.2, -0.15) is 5.26 Å². The zero-order valence-corrected chi connectivity index (χ0v) is 11.5. The average Bonchev–Trinajstić information content (AvgIpc) is 2.91. The van der Waals surface area contributed by atoms with E-state index < -0.39 is 16.1 Å². The number of nitriles is 1. The number of nitrogens with zero attached hydrogens (tertiary/aromatic N) is 1. The molecule has 20 heavy (non-hydrogen) atoms. The Morgan fingerprint density at radius 1 is 1.40 bits per heavy atom. The van der Waals surface area contributed by atoms with E-state index in [1.807, 2.05) is 6.07 Å². The Bertz CT molecular complexity index is 746. The number of furan rings is 1. The lowest BCUT2D eigenvalue weighted by Crippen LogP contribution is -2.27. The molecule has 0 saturated heterocycles. The van der Waals surface area contributed by atoms with Crippen LogP contribution in [-0.4, -0.2) is 8.42 Å². The van der Waals surface area contributed by atoms with E-state index in [-0.39, 0.29) is 10.6 Å². The molecule has 1 atom stereocenters. The lowest BCUT2D eigenvalue weighted by molar-refractivity contribution is 0.459. The monoisotopic (exact) mass is 291 g/mol. The molecule has 2 aromatic rings.